The third-order valence-corrected chi connectivity index (χ3v) is 10.9. The fourth-order valence-corrected chi connectivity index (χ4v) is 7.90. The number of hydrogen-bond acceptors (Lipinski definition) is 9. The summed E-state index contributed by atoms with van der Waals surface area (Å²) in [7, 11) is 0. The molecule has 300 valence electrons. The molecule has 6 rings (SSSR count). The second kappa shape index (κ2) is 17.0. The van der Waals surface area contributed by atoms with Crippen molar-refractivity contribution in [2.75, 3.05) is 13.2 Å². The number of hydrogen-bond donors (Lipinski definition) is 0. The number of amides is 1. The van der Waals surface area contributed by atoms with Crippen molar-refractivity contribution in [3.05, 3.63) is 130 Å². The van der Waals surface area contributed by atoms with Crippen LogP contribution in [0.2, 0.25) is 0 Å². The number of ether oxygens (including phenoxy) is 2. The van der Waals surface area contributed by atoms with Gasteiger partial charge in [0.05, 0.1) is 13.2 Å². The zero-order valence-electron chi connectivity index (χ0n) is 34.2. The quantitative estimate of drug-likeness (QED) is 0.0688. The SMILES string of the molecule is CCOC(=O)C1(C(=O)OCC)Cc2c(c(-c3ccc(C(C)=O)cc3)c(-c3ccc(C(C)=O)cc3)c(-c3ccc(C(C)=O)cc3)c2-c2ccc(C(C)=O)cc2)CN1C(C)=O. The van der Waals surface area contributed by atoms with Gasteiger partial charge < -0.3 is 14.4 Å². The van der Waals surface area contributed by atoms with E-state index in [-0.39, 0.29) is 49.3 Å². The smallest absolute Gasteiger partial charge is 0.344 e. The Morgan fingerprint density at radius 3 is 1.02 bits per heavy atom. The molecule has 0 saturated heterocycles. The summed E-state index contributed by atoms with van der Waals surface area (Å²) in [5.74, 6) is -2.99. The maximum absolute atomic E-state index is 14.4. The van der Waals surface area contributed by atoms with Gasteiger partial charge in [-0.2, -0.15) is 0 Å². The topological polar surface area (TPSA) is 141 Å². The summed E-state index contributed by atoms with van der Waals surface area (Å²) in [5.41, 5.74) is 6.07. The van der Waals surface area contributed by atoms with Crippen molar-refractivity contribution in [2.45, 2.75) is 67.0 Å². The molecule has 0 radical (unpaired) electrons. The van der Waals surface area contributed by atoms with E-state index in [4.69, 9.17) is 9.47 Å². The number of ketones is 4. The summed E-state index contributed by atoms with van der Waals surface area (Å²) in [6.45, 7) is 10.0. The van der Waals surface area contributed by atoms with Crippen LogP contribution in [0.5, 0.6) is 0 Å². The average Bonchev–Trinajstić information content (AvgIpc) is 3.22. The third-order valence-electron chi connectivity index (χ3n) is 10.9. The van der Waals surface area contributed by atoms with Crippen molar-refractivity contribution in [1.82, 2.24) is 4.90 Å². The lowest BCUT2D eigenvalue weighted by atomic mass is 9.71. The Kier molecular flexibility index (Phi) is 12.0. The number of esters is 2. The van der Waals surface area contributed by atoms with E-state index >= 15 is 0 Å². The first-order valence-corrected chi connectivity index (χ1v) is 19.4. The van der Waals surface area contributed by atoms with E-state index in [0.29, 0.717) is 77.9 Å². The van der Waals surface area contributed by atoms with E-state index in [1.54, 1.807) is 74.5 Å². The molecule has 0 unspecified atom stereocenters. The molecule has 0 atom stereocenters. The van der Waals surface area contributed by atoms with Crippen LogP contribution in [-0.4, -0.2) is 64.6 Å². The summed E-state index contributed by atoms with van der Waals surface area (Å²) < 4.78 is 11.2. The Balaban J connectivity index is 1.90. The second-order valence-corrected chi connectivity index (χ2v) is 14.6. The van der Waals surface area contributed by atoms with Gasteiger partial charge in [-0.05, 0) is 97.2 Å². The molecule has 10 heteroatoms. The minimum absolute atomic E-state index is 0.0748. The van der Waals surface area contributed by atoms with Gasteiger partial charge in [0.2, 0.25) is 11.4 Å². The zero-order valence-corrected chi connectivity index (χ0v) is 34.2. The molecule has 0 saturated carbocycles. The molecule has 0 aliphatic carbocycles. The molecule has 0 N–H and O–H groups in total. The second-order valence-electron chi connectivity index (χ2n) is 14.6. The Morgan fingerprint density at radius 1 is 0.458 bits per heavy atom. The molecule has 10 nitrogen and oxygen atoms in total. The van der Waals surface area contributed by atoms with Crippen molar-refractivity contribution >= 4 is 41.0 Å². The fourth-order valence-electron chi connectivity index (χ4n) is 7.90. The summed E-state index contributed by atoms with van der Waals surface area (Å²) >= 11 is 0. The normalized spacial score (nSPS) is 12.9. The number of nitrogens with zero attached hydrogens (tertiary/aromatic N) is 1. The number of carbonyl (C=O) groups is 7. The number of fused-ring (bicyclic) bond motifs is 1. The molecule has 0 fully saturated rings. The molecule has 0 bridgehead atoms. The Bertz CT molecular complexity index is 2500. The van der Waals surface area contributed by atoms with Crippen LogP contribution < -0.4 is 0 Å². The van der Waals surface area contributed by atoms with Crippen LogP contribution in [0.4, 0.5) is 0 Å². The molecule has 1 aliphatic rings. The maximum Gasteiger partial charge on any atom is 0.344 e. The van der Waals surface area contributed by atoms with Gasteiger partial charge in [-0.3, -0.25) is 24.0 Å². The Labute approximate surface area is 343 Å². The van der Waals surface area contributed by atoms with Crippen LogP contribution in [-0.2, 0) is 36.8 Å². The van der Waals surface area contributed by atoms with Crippen LogP contribution in [0.3, 0.4) is 0 Å². The van der Waals surface area contributed by atoms with Gasteiger partial charge in [-0.15, -0.1) is 0 Å². The van der Waals surface area contributed by atoms with Crippen molar-refractivity contribution in [3.8, 4) is 44.5 Å². The highest BCUT2D eigenvalue weighted by Gasteiger charge is 2.58. The lowest BCUT2D eigenvalue weighted by molar-refractivity contribution is -0.180. The van der Waals surface area contributed by atoms with Gasteiger partial charge in [-0.25, -0.2) is 9.59 Å². The van der Waals surface area contributed by atoms with E-state index < -0.39 is 23.4 Å². The highest BCUT2D eigenvalue weighted by molar-refractivity contribution is 6.11. The fraction of sp³-hybridized carbons (Fsp3) is 0.245. The van der Waals surface area contributed by atoms with Gasteiger partial charge in [0.25, 0.3) is 0 Å². The maximum atomic E-state index is 14.4. The van der Waals surface area contributed by atoms with Crippen molar-refractivity contribution in [2.24, 2.45) is 0 Å². The molecule has 1 amide bonds. The lowest BCUT2D eigenvalue weighted by Crippen LogP contribution is -2.65. The van der Waals surface area contributed by atoms with E-state index in [9.17, 15) is 33.6 Å². The number of Topliss-reactive ketones (excluding diaryl/α,β-unsaturated/α-hetero) is 4. The number of carbonyl (C=O) groups excluding carboxylic acids is 7. The number of rotatable bonds is 12. The Hall–Kier alpha value is -6.81. The zero-order chi connectivity index (χ0) is 42.8. The van der Waals surface area contributed by atoms with E-state index in [2.05, 4.69) is 0 Å². The predicted molar refractivity (Wildman–Crippen MR) is 224 cm³/mol. The van der Waals surface area contributed by atoms with Gasteiger partial charge in [0, 0.05) is 42.1 Å². The number of benzene rings is 5. The summed E-state index contributed by atoms with van der Waals surface area (Å²) in [5, 5.41) is 0. The molecule has 5 aromatic carbocycles. The van der Waals surface area contributed by atoms with Gasteiger partial charge in [0.1, 0.15) is 0 Å². The van der Waals surface area contributed by atoms with Crippen LogP contribution >= 0.6 is 0 Å². The highest BCUT2D eigenvalue weighted by Crippen LogP contribution is 2.53. The summed E-state index contributed by atoms with van der Waals surface area (Å²) in [6.07, 6.45) is -0.343. The van der Waals surface area contributed by atoms with Crippen LogP contribution in [0, 0.1) is 0 Å². The first-order chi connectivity index (χ1) is 28.1. The first-order valence-electron chi connectivity index (χ1n) is 19.4. The monoisotopic (exact) mass is 791 g/mol. The van der Waals surface area contributed by atoms with Gasteiger partial charge in [-0.1, -0.05) is 97.1 Å². The largest absolute Gasteiger partial charge is 0.464 e. The van der Waals surface area contributed by atoms with E-state index in [1.807, 2.05) is 36.4 Å². The van der Waals surface area contributed by atoms with E-state index in [0.717, 1.165) is 0 Å². The lowest BCUT2D eigenvalue weighted by Gasteiger charge is -2.45. The average molecular weight is 792 g/mol. The standard InChI is InChI=1S/C49H45NO9/c1-8-58-47(56)49(48(57)59-9-2)26-41-42(27-50(49)32(7)55)44(38-20-12-34(13-21-38)29(4)52)46(40-24-16-36(17-25-40)31(6)54)45(39-22-14-35(15-23-39)30(5)53)43(41)37-18-10-33(11-19-37)28(3)51/h10-25H,8-9,26-27H2,1-7H3. The van der Waals surface area contributed by atoms with Crippen LogP contribution in [0.25, 0.3) is 44.5 Å². The summed E-state index contributed by atoms with van der Waals surface area (Å²) in [4.78, 5) is 93.9. The third kappa shape index (κ3) is 7.78. The van der Waals surface area contributed by atoms with Crippen molar-refractivity contribution in [1.29, 1.82) is 0 Å². The first kappa shape index (κ1) is 41.8. The predicted octanol–water partition coefficient (Wildman–Crippen LogP) is 8.93. The Morgan fingerprint density at radius 2 is 0.746 bits per heavy atom. The van der Waals surface area contributed by atoms with Gasteiger partial charge in [0.15, 0.2) is 23.1 Å². The van der Waals surface area contributed by atoms with Crippen molar-refractivity contribution in [3.63, 3.8) is 0 Å². The summed E-state index contributed by atoms with van der Waals surface area (Å²) in [6, 6.07) is 28.4. The van der Waals surface area contributed by atoms with Crippen molar-refractivity contribution < 1.29 is 43.0 Å². The minimum atomic E-state index is -2.23. The molecule has 59 heavy (non-hydrogen) atoms. The molecule has 0 aromatic heterocycles. The molecule has 1 aliphatic heterocycles. The van der Waals surface area contributed by atoms with Crippen LogP contribution in [0.15, 0.2) is 97.1 Å². The van der Waals surface area contributed by atoms with Crippen LogP contribution in [0.1, 0.15) is 101 Å². The molecule has 1 heterocycles. The molecular formula is C49H45NO9. The molecule has 0 spiro atoms. The van der Waals surface area contributed by atoms with Gasteiger partial charge >= 0.3 is 11.9 Å². The van der Waals surface area contributed by atoms with E-state index in [1.165, 1.54) is 39.5 Å². The minimum Gasteiger partial charge on any atom is -0.464 e. The molecular weight excluding hydrogens is 747 g/mol. The highest BCUT2D eigenvalue weighted by atomic mass is 16.6. The molecule has 5 aromatic rings.